The van der Waals surface area contributed by atoms with Gasteiger partial charge in [0.2, 0.25) is 0 Å². The molecule has 1 fully saturated rings. The molecule has 4 heteroatoms. The van der Waals surface area contributed by atoms with Crippen molar-refractivity contribution in [3.8, 4) is 0 Å². The van der Waals surface area contributed by atoms with Gasteiger partial charge in [-0.1, -0.05) is 61.0 Å². The van der Waals surface area contributed by atoms with Crippen molar-refractivity contribution in [1.29, 1.82) is 0 Å². The van der Waals surface area contributed by atoms with Crippen molar-refractivity contribution in [2.45, 2.75) is 26.7 Å². The van der Waals surface area contributed by atoms with E-state index in [9.17, 15) is 4.79 Å². The van der Waals surface area contributed by atoms with E-state index in [0.29, 0.717) is 6.54 Å². The van der Waals surface area contributed by atoms with E-state index in [2.05, 4.69) is 49.1 Å². The molecule has 1 aliphatic heterocycles. The Labute approximate surface area is 181 Å². The fourth-order valence-corrected chi connectivity index (χ4v) is 3.81. The molecule has 3 rings (SSSR count). The maximum atomic E-state index is 13.3. The van der Waals surface area contributed by atoms with Gasteiger partial charge in [-0.25, -0.2) is 0 Å². The van der Waals surface area contributed by atoms with Gasteiger partial charge in [-0.2, -0.15) is 0 Å². The van der Waals surface area contributed by atoms with E-state index in [0.717, 1.165) is 57.8 Å². The summed E-state index contributed by atoms with van der Waals surface area (Å²) in [6.45, 7) is 10.2. The zero-order valence-electron chi connectivity index (χ0n) is 18.3. The number of benzene rings is 2. The molecule has 2 aromatic rings. The maximum absolute atomic E-state index is 13.3. The monoisotopic (exact) mass is 406 g/mol. The highest BCUT2D eigenvalue weighted by Gasteiger charge is 2.17. The number of hydrogen-bond acceptors (Lipinski definition) is 3. The van der Waals surface area contributed by atoms with Crippen LogP contribution in [0.25, 0.3) is 6.08 Å². The van der Waals surface area contributed by atoms with Crippen LogP contribution in [-0.4, -0.2) is 61.6 Å². The van der Waals surface area contributed by atoms with Crippen LogP contribution in [0.5, 0.6) is 0 Å². The number of morpholine rings is 1. The number of hydrogen-bond donors (Lipinski definition) is 0. The van der Waals surface area contributed by atoms with E-state index in [-0.39, 0.29) is 5.91 Å². The Hall–Kier alpha value is -2.43. The molecule has 0 aliphatic carbocycles. The second-order valence-corrected chi connectivity index (χ2v) is 7.99. The van der Waals surface area contributed by atoms with E-state index in [4.69, 9.17) is 4.74 Å². The second-order valence-electron chi connectivity index (χ2n) is 7.99. The van der Waals surface area contributed by atoms with Gasteiger partial charge in [-0.3, -0.25) is 9.69 Å². The molecule has 0 aromatic heterocycles. The molecule has 2 aromatic carbocycles. The Morgan fingerprint density at radius 1 is 1.07 bits per heavy atom. The van der Waals surface area contributed by atoms with Gasteiger partial charge in [0.25, 0.3) is 5.91 Å². The standard InChI is InChI=1S/C26H34N2O2/c1-3-23-10-12-25(13-11-23)26(29)28(15-7-14-27-16-18-30-19-17-27)21-22(2)20-24-8-5-4-6-9-24/h4-6,8-13,20H,3,7,14-19,21H2,1-2H3. The van der Waals surface area contributed by atoms with Gasteiger partial charge in [0.1, 0.15) is 0 Å². The molecule has 0 saturated carbocycles. The number of amides is 1. The highest BCUT2D eigenvalue weighted by molar-refractivity contribution is 5.94. The van der Waals surface area contributed by atoms with Crippen molar-refractivity contribution in [2.24, 2.45) is 0 Å². The van der Waals surface area contributed by atoms with Gasteiger partial charge >= 0.3 is 0 Å². The Morgan fingerprint density at radius 3 is 2.43 bits per heavy atom. The second kappa shape index (κ2) is 11.7. The Kier molecular flexibility index (Phi) is 8.66. The minimum Gasteiger partial charge on any atom is -0.379 e. The van der Waals surface area contributed by atoms with Crippen LogP contribution in [0.1, 0.15) is 41.8 Å². The smallest absolute Gasteiger partial charge is 0.254 e. The average molecular weight is 407 g/mol. The number of ether oxygens (including phenoxy) is 1. The summed E-state index contributed by atoms with van der Waals surface area (Å²) in [5, 5.41) is 0. The minimum atomic E-state index is 0.112. The fourth-order valence-electron chi connectivity index (χ4n) is 3.81. The first kappa shape index (κ1) is 22.3. The summed E-state index contributed by atoms with van der Waals surface area (Å²) < 4.78 is 5.44. The third kappa shape index (κ3) is 6.82. The summed E-state index contributed by atoms with van der Waals surface area (Å²) in [7, 11) is 0. The van der Waals surface area contributed by atoms with Gasteiger partial charge in [0.15, 0.2) is 0 Å². The van der Waals surface area contributed by atoms with Crippen molar-refractivity contribution < 1.29 is 9.53 Å². The van der Waals surface area contributed by atoms with Crippen LogP contribution in [0.2, 0.25) is 0 Å². The van der Waals surface area contributed by atoms with Gasteiger partial charge < -0.3 is 9.64 Å². The predicted octanol–water partition coefficient (Wildman–Crippen LogP) is 4.52. The lowest BCUT2D eigenvalue weighted by Gasteiger charge is -2.28. The van der Waals surface area contributed by atoms with E-state index >= 15 is 0 Å². The first-order valence-corrected chi connectivity index (χ1v) is 11.1. The van der Waals surface area contributed by atoms with Crippen molar-refractivity contribution in [3.05, 3.63) is 76.9 Å². The minimum absolute atomic E-state index is 0.112. The zero-order chi connectivity index (χ0) is 21.2. The molecule has 0 bridgehead atoms. The molecular weight excluding hydrogens is 372 g/mol. The predicted molar refractivity (Wildman–Crippen MR) is 124 cm³/mol. The van der Waals surface area contributed by atoms with E-state index in [1.165, 1.54) is 16.7 Å². The van der Waals surface area contributed by atoms with E-state index < -0.39 is 0 Å². The number of aryl methyl sites for hydroxylation is 1. The lowest BCUT2D eigenvalue weighted by molar-refractivity contribution is 0.0358. The van der Waals surface area contributed by atoms with Crippen molar-refractivity contribution in [3.63, 3.8) is 0 Å². The molecule has 0 atom stereocenters. The summed E-state index contributed by atoms with van der Waals surface area (Å²) in [5.41, 5.74) is 4.38. The van der Waals surface area contributed by atoms with Crippen LogP contribution in [0.15, 0.2) is 60.2 Å². The summed E-state index contributed by atoms with van der Waals surface area (Å²) in [5.74, 6) is 0.112. The largest absolute Gasteiger partial charge is 0.379 e. The van der Waals surface area contributed by atoms with E-state index in [1.807, 2.05) is 35.2 Å². The first-order chi connectivity index (χ1) is 14.7. The van der Waals surface area contributed by atoms with Gasteiger partial charge in [0, 0.05) is 38.3 Å². The number of rotatable bonds is 9. The fraction of sp³-hybridized carbons (Fsp3) is 0.423. The first-order valence-electron chi connectivity index (χ1n) is 11.1. The van der Waals surface area contributed by atoms with Crippen LogP contribution in [-0.2, 0) is 11.2 Å². The normalized spacial score (nSPS) is 15.2. The molecule has 1 heterocycles. The number of carbonyl (C=O) groups excluding carboxylic acids is 1. The molecule has 0 N–H and O–H groups in total. The third-order valence-corrected chi connectivity index (χ3v) is 5.56. The SMILES string of the molecule is CCc1ccc(C(=O)N(CCCN2CCOCC2)CC(C)=Cc2ccccc2)cc1. The molecule has 160 valence electrons. The highest BCUT2D eigenvalue weighted by Crippen LogP contribution is 2.13. The topological polar surface area (TPSA) is 32.8 Å². The summed E-state index contributed by atoms with van der Waals surface area (Å²) in [6.07, 6.45) is 4.12. The van der Waals surface area contributed by atoms with Crippen LogP contribution in [0.4, 0.5) is 0 Å². The molecule has 4 nitrogen and oxygen atoms in total. The zero-order valence-corrected chi connectivity index (χ0v) is 18.3. The van der Waals surface area contributed by atoms with Crippen molar-refractivity contribution >= 4 is 12.0 Å². The summed E-state index contributed by atoms with van der Waals surface area (Å²) in [6, 6.07) is 18.3. The molecule has 1 aliphatic rings. The highest BCUT2D eigenvalue weighted by atomic mass is 16.5. The van der Waals surface area contributed by atoms with Crippen LogP contribution in [0, 0.1) is 0 Å². The van der Waals surface area contributed by atoms with E-state index in [1.54, 1.807) is 0 Å². The lowest BCUT2D eigenvalue weighted by Crippen LogP contribution is -2.39. The van der Waals surface area contributed by atoms with Gasteiger partial charge in [0.05, 0.1) is 13.2 Å². The molecule has 0 unspecified atom stereocenters. The van der Waals surface area contributed by atoms with Crippen LogP contribution < -0.4 is 0 Å². The quantitative estimate of drug-likeness (QED) is 0.614. The van der Waals surface area contributed by atoms with Gasteiger partial charge in [-0.15, -0.1) is 0 Å². The Balaban J connectivity index is 1.67. The van der Waals surface area contributed by atoms with Gasteiger partial charge in [-0.05, 0) is 43.0 Å². The number of nitrogens with zero attached hydrogens (tertiary/aromatic N) is 2. The Morgan fingerprint density at radius 2 is 1.77 bits per heavy atom. The summed E-state index contributed by atoms with van der Waals surface area (Å²) in [4.78, 5) is 17.7. The van der Waals surface area contributed by atoms with Crippen LogP contribution >= 0.6 is 0 Å². The molecule has 1 saturated heterocycles. The lowest BCUT2D eigenvalue weighted by atomic mass is 10.1. The molecule has 1 amide bonds. The van der Waals surface area contributed by atoms with Crippen molar-refractivity contribution in [2.75, 3.05) is 45.9 Å². The molecular formula is C26H34N2O2. The molecule has 0 radical (unpaired) electrons. The van der Waals surface area contributed by atoms with Crippen LogP contribution in [0.3, 0.4) is 0 Å². The maximum Gasteiger partial charge on any atom is 0.254 e. The third-order valence-electron chi connectivity index (χ3n) is 5.56. The average Bonchev–Trinajstić information content (AvgIpc) is 2.79. The number of carbonyl (C=O) groups is 1. The van der Waals surface area contributed by atoms with Crippen molar-refractivity contribution in [1.82, 2.24) is 9.80 Å². The summed E-state index contributed by atoms with van der Waals surface area (Å²) >= 11 is 0. The Bertz CT molecular complexity index is 809. The molecule has 0 spiro atoms. The molecule has 30 heavy (non-hydrogen) atoms.